The predicted molar refractivity (Wildman–Crippen MR) is 113 cm³/mol. The zero-order valence-electron chi connectivity index (χ0n) is 16.1. The number of anilines is 1. The maximum Gasteiger partial charge on any atom is 0.255 e. The molecular weight excluding hydrogens is 402 g/mol. The number of imidazole rings is 1. The number of pyridine rings is 1. The number of nitrogens with one attached hydrogen (secondary N) is 1. The van der Waals surface area contributed by atoms with Crippen LogP contribution in [0.25, 0.3) is 5.65 Å². The lowest BCUT2D eigenvalue weighted by molar-refractivity contribution is 0.102. The van der Waals surface area contributed by atoms with Crippen LogP contribution < -0.4 is 10.1 Å². The van der Waals surface area contributed by atoms with Crippen LogP contribution in [0.4, 0.5) is 5.69 Å². The second-order valence-electron chi connectivity index (χ2n) is 6.77. The lowest BCUT2D eigenvalue weighted by atomic mass is 10.2. The summed E-state index contributed by atoms with van der Waals surface area (Å²) >= 11 is 0. The van der Waals surface area contributed by atoms with Crippen molar-refractivity contribution < 1.29 is 17.9 Å². The lowest BCUT2D eigenvalue weighted by Crippen LogP contribution is -2.12. The van der Waals surface area contributed by atoms with Gasteiger partial charge in [-0.3, -0.25) is 4.79 Å². The number of nitrogens with zero attached hydrogens (tertiary/aromatic N) is 2. The average molecular weight is 421 g/mol. The number of benzene rings is 2. The van der Waals surface area contributed by atoms with Gasteiger partial charge in [0.15, 0.2) is 9.84 Å². The van der Waals surface area contributed by atoms with E-state index in [9.17, 15) is 13.2 Å². The van der Waals surface area contributed by atoms with Gasteiger partial charge in [0.1, 0.15) is 18.0 Å². The summed E-state index contributed by atoms with van der Waals surface area (Å²) in [6.45, 7) is 0.311. The molecule has 0 aliphatic rings. The number of carbonyl (C=O) groups excluding carboxylic acids is 1. The molecule has 0 saturated heterocycles. The molecule has 7 nitrogen and oxygen atoms in total. The van der Waals surface area contributed by atoms with E-state index in [0.29, 0.717) is 23.6 Å². The summed E-state index contributed by atoms with van der Waals surface area (Å²) in [7, 11) is -3.34. The first kappa shape index (κ1) is 19.7. The second kappa shape index (κ2) is 8.00. The summed E-state index contributed by atoms with van der Waals surface area (Å²) in [4.78, 5) is 17.1. The maximum absolute atomic E-state index is 12.5. The minimum absolute atomic E-state index is 0.149. The molecule has 0 saturated carbocycles. The summed E-state index contributed by atoms with van der Waals surface area (Å²) in [6.07, 6.45) is 4.95. The molecule has 0 radical (unpaired) electrons. The van der Waals surface area contributed by atoms with Crippen LogP contribution in [0.2, 0.25) is 0 Å². The van der Waals surface area contributed by atoms with Gasteiger partial charge >= 0.3 is 0 Å². The molecule has 8 heteroatoms. The Morgan fingerprint density at radius 2 is 1.87 bits per heavy atom. The van der Waals surface area contributed by atoms with Crippen molar-refractivity contribution in [3.63, 3.8) is 0 Å². The van der Waals surface area contributed by atoms with Crippen molar-refractivity contribution in [3.8, 4) is 5.75 Å². The molecule has 30 heavy (non-hydrogen) atoms. The van der Waals surface area contributed by atoms with Crippen LogP contribution in [0.15, 0.2) is 84.0 Å². The fourth-order valence-electron chi connectivity index (χ4n) is 2.92. The van der Waals surface area contributed by atoms with Gasteiger partial charge in [0.2, 0.25) is 0 Å². The highest BCUT2D eigenvalue weighted by Crippen LogP contribution is 2.18. The third kappa shape index (κ3) is 4.49. The molecule has 1 N–H and O–H groups in total. The highest BCUT2D eigenvalue weighted by atomic mass is 32.2. The van der Waals surface area contributed by atoms with E-state index in [1.165, 1.54) is 12.1 Å². The molecule has 4 aromatic rings. The largest absolute Gasteiger partial charge is 0.487 e. The van der Waals surface area contributed by atoms with E-state index in [0.717, 1.165) is 17.6 Å². The van der Waals surface area contributed by atoms with Gasteiger partial charge in [-0.2, -0.15) is 0 Å². The van der Waals surface area contributed by atoms with E-state index in [1.807, 2.05) is 35.0 Å². The van der Waals surface area contributed by atoms with E-state index in [1.54, 1.807) is 36.4 Å². The third-order valence-corrected chi connectivity index (χ3v) is 5.55. The standard InChI is InChI=1S/C22H19N3O4S/c1-30(27,28)20-6-4-5-17(13-20)24-22(26)16-8-10-19(11-9-16)29-15-18-14-25-12-3-2-7-21(25)23-18/h2-14H,15H2,1H3,(H,24,26). The molecular formula is C22H19N3O4S. The maximum atomic E-state index is 12.5. The van der Waals surface area contributed by atoms with Crippen LogP contribution in [-0.2, 0) is 16.4 Å². The Kier molecular flexibility index (Phi) is 5.24. The number of amides is 1. The summed E-state index contributed by atoms with van der Waals surface area (Å²) in [5.74, 6) is 0.273. The van der Waals surface area contributed by atoms with Crippen LogP contribution >= 0.6 is 0 Å². The van der Waals surface area contributed by atoms with Crippen LogP contribution in [0.5, 0.6) is 5.75 Å². The highest BCUT2D eigenvalue weighted by Gasteiger charge is 2.11. The summed E-state index contributed by atoms with van der Waals surface area (Å²) < 4.78 is 31.0. The van der Waals surface area contributed by atoms with Crippen molar-refractivity contribution in [2.24, 2.45) is 0 Å². The smallest absolute Gasteiger partial charge is 0.255 e. The van der Waals surface area contributed by atoms with Gasteiger partial charge in [0.05, 0.1) is 10.6 Å². The summed E-state index contributed by atoms with van der Waals surface area (Å²) in [5, 5.41) is 2.71. The molecule has 0 aliphatic heterocycles. The SMILES string of the molecule is CS(=O)(=O)c1cccc(NC(=O)c2ccc(OCc3cn4ccccc4n3)cc2)c1. The van der Waals surface area contributed by atoms with Crippen molar-refractivity contribution in [1.29, 1.82) is 0 Å². The molecule has 0 aliphatic carbocycles. The van der Waals surface area contributed by atoms with Crippen molar-refractivity contribution >= 4 is 27.1 Å². The number of sulfone groups is 1. The van der Waals surface area contributed by atoms with E-state index in [4.69, 9.17) is 4.74 Å². The highest BCUT2D eigenvalue weighted by molar-refractivity contribution is 7.90. The second-order valence-corrected chi connectivity index (χ2v) is 8.78. The zero-order valence-corrected chi connectivity index (χ0v) is 17.0. The average Bonchev–Trinajstić information content (AvgIpc) is 3.15. The minimum Gasteiger partial charge on any atom is -0.487 e. The fourth-order valence-corrected chi connectivity index (χ4v) is 3.59. The monoisotopic (exact) mass is 421 g/mol. The number of rotatable bonds is 6. The van der Waals surface area contributed by atoms with Crippen molar-refractivity contribution in [2.45, 2.75) is 11.5 Å². The van der Waals surface area contributed by atoms with Gasteiger partial charge in [-0.05, 0) is 54.6 Å². The molecule has 1 amide bonds. The molecule has 0 atom stereocenters. The van der Waals surface area contributed by atoms with Gasteiger partial charge in [-0.1, -0.05) is 12.1 Å². The zero-order chi connectivity index (χ0) is 21.1. The predicted octanol–water partition coefficient (Wildman–Crippen LogP) is 3.57. The first-order valence-electron chi connectivity index (χ1n) is 9.15. The van der Waals surface area contributed by atoms with Gasteiger partial charge in [0, 0.05) is 29.9 Å². The number of aromatic nitrogens is 2. The molecule has 2 heterocycles. The molecule has 0 fully saturated rings. The molecule has 152 valence electrons. The summed E-state index contributed by atoms with van der Waals surface area (Å²) in [5.41, 5.74) is 2.49. The Morgan fingerprint density at radius 1 is 1.07 bits per heavy atom. The first-order valence-corrected chi connectivity index (χ1v) is 11.0. The quantitative estimate of drug-likeness (QED) is 0.514. The molecule has 4 rings (SSSR count). The normalized spacial score (nSPS) is 11.4. The fraction of sp³-hybridized carbons (Fsp3) is 0.0909. The van der Waals surface area contributed by atoms with Crippen LogP contribution in [0, 0.1) is 0 Å². The Hall–Kier alpha value is -3.65. The lowest BCUT2D eigenvalue weighted by Gasteiger charge is -2.08. The third-order valence-electron chi connectivity index (χ3n) is 4.44. The molecule has 0 spiro atoms. The Balaban J connectivity index is 1.39. The number of hydrogen-bond acceptors (Lipinski definition) is 5. The van der Waals surface area contributed by atoms with Crippen LogP contribution in [0.1, 0.15) is 16.1 Å². The summed E-state index contributed by atoms with van der Waals surface area (Å²) in [6, 6.07) is 18.6. The van der Waals surface area contributed by atoms with Crippen molar-refractivity contribution in [2.75, 3.05) is 11.6 Å². The van der Waals surface area contributed by atoms with E-state index < -0.39 is 9.84 Å². The van der Waals surface area contributed by atoms with Crippen molar-refractivity contribution in [3.05, 3.63) is 90.4 Å². The van der Waals surface area contributed by atoms with Crippen molar-refractivity contribution in [1.82, 2.24) is 9.38 Å². The minimum atomic E-state index is -3.34. The van der Waals surface area contributed by atoms with E-state index >= 15 is 0 Å². The Bertz CT molecular complexity index is 1280. The Morgan fingerprint density at radius 3 is 2.60 bits per heavy atom. The first-order chi connectivity index (χ1) is 14.4. The number of carbonyl (C=O) groups is 1. The molecule has 2 aromatic carbocycles. The molecule has 0 bridgehead atoms. The Labute approximate surface area is 173 Å². The van der Waals surface area contributed by atoms with Crippen LogP contribution in [0.3, 0.4) is 0 Å². The topological polar surface area (TPSA) is 89.8 Å². The van der Waals surface area contributed by atoms with Gasteiger partial charge in [-0.25, -0.2) is 13.4 Å². The number of fused-ring (bicyclic) bond motifs is 1. The van der Waals surface area contributed by atoms with E-state index in [-0.39, 0.29) is 10.8 Å². The van der Waals surface area contributed by atoms with Gasteiger partial charge in [-0.15, -0.1) is 0 Å². The van der Waals surface area contributed by atoms with Gasteiger partial charge in [0.25, 0.3) is 5.91 Å². The molecule has 2 aromatic heterocycles. The van der Waals surface area contributed by atoms with Crippen LogP contribution in [-0.4, -0.2) is 30.0 Å². The number of hydrogen-bond donors (Lipinski definition) is 1. The molecule has 0 unspecified atom stereocenters. The van der Waals surface area contributed by atoms with Gasteiger partial charge < -0.3 is 14.5 Å². The number of ether oxygens (including phenoxy) is 1. The van der Waals surface area contributed by atoms with E-state index in [2.05, 4.69) is 10.3 Å².